The third-order valence-corrected chi connectivity index (χ3v) is 4.64. The summed E-state index contributed by atoms with van der Waals surface area (Å²) in [6.45, 7) is 11.2. The summed E-state index contributed by atoms with van der Waals surface area (Å²) < 4.78 is 0. The van der Waals surface area contributed by atoms with E-state index < -0.39 is 0 Å². The van der Waals surface area contributed by atoms with E-state index in [1.807, 2.05) is 32.0 Å². The highest BCUT2D eigenvalue weighted by Gasteiger charge is 2.18. The molecule has 6 heteroatoms. The number of aryl methyl sites for hydroxylation is 2. The molecule has 1 aromatic carbocycles. The monoisotopic (exact) mass is 339 g/mol. The van der Waals surface area contributed by atoms with Crippen LogP contribution in [0.5, 0.6) is 0 Å². The molecule has 1 aliphatic heterocycles. The Bertz CT molecular complexity index is 736. The van der Waals surface area contributed by atoms with Crippen molar-refractivity contribution in [3.63, 3.8) is 0 Å². The number of carbonyl (C=O) groups excluding carboxylic acids is 1. The van der Waals surface area contributed by atoms with E-state index in [0.29, 0.717) is 5.69 Å². The Kier molecular flexibility index (Phi) is 5.28. The van der Waals surface area contributed by atoms with Crippen molar-refractivity contribution in [3.05, 3.63) is 47.4 Å². The molecular weight excluding hydrogens is 314 g/mol. The van der Waals surface area contributed by atoms with Gasteiger partial charge in [-0.2, -0.15) is 0 Å². The highest BCUT2D eigenvalue weighted by Crippen LogP contribution is 2.17. The summed E-state index contributed by atoms with van der Waals surface area (Å²) in [5, 5.41) is 2.90. The zero-order chi connectivity index (χ0) is 17.8. The second-order valence-electron chi connectivity index (χ2n) is 6.45. The minimum atomic E-state index is -0.234. The SMILES string of the molecule is CCN1CCN(c2cnc(C(=O)Nc3ccc(C)cc3C)cn2)CC1. The summed E-state index contributed by atoms with van der Waals surface area (Å²) in [7, 11) is 0. The molecule has 1 saturated heterocycles. The van der Waals surface area contributed by atoms with Gasteiger partial charge in [-0.05, 0) is 32.0 Å². The van der Waals surface area contributed by atoms with Crippen molar-refractivity contribution in [3.8, 4) is 0 Å². The molecule has 1 fully saturated rings. The van der Waals surface area contributed by atoms with Crippen molar-refractivity contribution < 1.29 is 4.79 Å². The molecular formula is C19H25N5O. The first-order chi connectivity index (χ1) is 12.1. The van der Waals surface area contributed by atoms with Crippen LogP contribution in [0.15, 0.2) is 30.6 Å². The second-order valence-corrected chi connectivity index (χ2v) is 6.45. The van der Waals surface area contributed by atoms with Gasteiger partial charge in [-0.25, -0.2) is 9.97 Å². The predicted octanol–water partition coefficient (Wildman–Crippen LogP) is 2.49. The molecule has 2 heterocycles. The molecule has 1 aromatic heterocycles. The molecule has 132 valence electrons. The molecule has 0 aliphatic carbocycles. The number of hydrogen-bond donors (Lipinski definition) is 1. The first-order valence-corrected chi connectivity index (χ1v) is 8.74. The molecule has 0 radical (unpaired) electrons. The molecule has 2 aromatic rings. The predicted molar refractivity (Wildman–Crippen MR) is 100 cm³/mol. The van der Waals surface area contributed by atoms with Crippen LogP contribution in [0, 0.1) is 13.8 Å². The van der Waals surface area contributed by atoms with Crippen LogP contribution in [-0.2, 0) is 0 Å². The topological polar surface area (TPSA) is 61.4 Å². The quantitative estimate of drug-likeness (QED) is 0.927. The second kappa shape index (κ2) is 7.61. The van der Waals surface area contributed by atoms with Crippen molar-refractivity contribution in [2.24, 2.45) is 0 Å². The normalized spacial score (nSPS) is 15.2. The summed E-state index contributed by atoms with van der Waals surface area (Å²) in [6.07, 6.45) is 3.25. The van der Waals surface area contributed by atoms with Crippen LogP contribution in [-0.4, -0.2) is 53.5 Å². The molecule has 0 bridgehead atoms. The molecule has 0 atom stereocenters. The van der Waals surface area contributed by atoms with Gasteiger partial charge in [0.15, 0.2) is 0 Å². The Morgan fingerprint density at radius 3 is 2.48 bits per heavy atom. The number of carbonyl (C=O) groups is 1. The molecule has 1 N–H and O–H groups in total. The van der Waals surface area contributed by atoms with Crippen molar-refractivity contribution in [2.45, 2.75) is 20.8 Å². The van der Waals surface area contributed by atoms with E-state index in [1.54, 1.807) is 12.4 Å². The average Bonchev–Trinajstić information content (AvgIpc) is 2.64. The number of piperazine rings is 1. The molecule has 6 nitrogen and oxygen atoms in total. The highest BCUT2D eigenvalue weighted by atomic mass is 16.1. The van der Waals surface area contributed by atoms with Crippen molar-refractivity contribution in [1.29, 1.82) is 0 Å². The van der Waals surface area contributed by atoms with Gasteiger partial charge in [0.1, 0.15) is 11.5 Å². The third kappa shape index (κ3) is 4.14. The van der Waals surface area contributed by atoms with Gasteiger partial charge in [0, 0.05) is 31.9 Å². The van der Waals surface area contributed by atoms with E-state index in [2.05, 4.69) is 32.0 Å². The third-order valence-electron chi connectivity index (χ3n) is 4.64. The van der Waals surface area contributed by atoms with Crippen LogP contribution >= 0.6 is 0 Å². The fourth-order valence-electron chi connectivity index (χ4n) is 3.04. The fourth-order valence-corrected chi connectivity index (χ4v) is 3.04. The summed E-state index contributed by atoms with van der Waals surface area (Å²) in [4.78, 5) is 25.8. The van der Waals surface area contributed by atoms with Gasteiger partial charge in [0.2, 0.25) is 0 Å². The maximum Gasteiger partial charge on any atom is 0.275 e. The Hall–Kier alpha value is -2.47. The van der Waals surface area contributed by atoms with Crippen LogP contribution in [0.25, 0.3) is 0 Å². The van der Waals surface area contributed by atoms with Crippen LogP contribution < -0.4 is 10.2 Å². The van der Waals surface area contributed by atoms with Crippen LogP contribution in [0.2, 0.25) is 0 Å². The zero-order valence-electron chi connectivity index (χ0n) is 15.1. The zero-order valence-corrected chi connectivity index (χ0v) is 15.1. The van der Waals surface area contributed by atoms with Gasteiger partial charge >= 0.3 is 0 Å². The Morgan fingerprint density at radius 1 is 1.12 bits per heavy atom. The number of anilines is 2. The van der Waals surface area contributed by atoms with Crippen molar-refractivity contribution >= 4 is 17.4 Å². The standard InChI is InChI=1S/C19H25N5O/c1-4-23-7-9-24(10-8-23)18-13-20-17(12-21-18)19(25)22-16-6-5-14(2)11-15(16)3/h5-6,11-13H,4,7-10H2,1-3H3,(H,22,25). The van der Waals surface area contributed by atoms with Crippen molar-refractivity contribution in [1.82, 2.24) is 14.9 Å². The lowest BCUT2D eigenvalue weighted by molar-refractivity contribution is 0.102. The fraction of sp³-hybridized carbons (Fsp3) is 0.421. The van der Waals surface area contributed by atoms with Crippen LogP contribution in [0.4, 0.5) is 11.5 Å². The van der Waals surface area contributed by atoms with Gasteiger partial charge < -0.3 is 15.1 Å². The van der Waals surface area contributed by atoms with Crippen LogP contribution in [0.1, 0.15) is 28.5 Å². The van der Waals surface area contributed by atoms with Gasteiger partial charge in [0.05, 0.1) is 12.4 Å². The van der Waals surface area contributed by atoms with E-state index in [1.165, 1.54) is 5.56 Å². The number of aromatic nitrogens is 2. The van der Waals surface area contributed by atoms with E-state index in [9.17, 15) is 4.79 Å². The molecule has 3 rings (SSSR count). The average molecular weight is 339 g/mol. The minimum absolute atomic E-state index is 0.234. The molecule has 1 amide bonds. The van der Waals surface area contributed by atoms with E-state index in [-0.39, 0.29) is 5.91 Å². The number of hydrogen-bond acceptors (Lipinski definition) is 5. The molecule has 0 saturated carbocycles. The molecule has 25 heavy (non-hydrogen) atoms. The van der Waals surface area contributed by atoms with Gasteiger partial charge in [-0.15, -0.1) is 0 Å². The highest BCUT2D eigenvalue weighted by molar-refractivity contribution is 6.03. The maximum atomic E-state index is 12.4. The summed E-state index contributed by atoms with van der Waals surface area (Å²) in [5.74, 6) is 0.598. The molecule has 0 unspecified atom stereocenters. The van der Waals surface area contributed by atoms with E-state index >= 15 is 0 Å². The van der Waals surface area contributed by atoms with E-state index in [0.717, 1.165) is 49.8 Å². The number of nitrogens with one attached hydrogen (secondary N) is 1. The van der Waals surface area contributed by atoms with Gasteiger partial charge in [0.25, 0.3) is 5.91 Å². The molecule has 0 spiro atoms. The first kappa shape index (κ1) is 17.4. The molecule has 1 aliphatic rings. The smallest absolute Gasteiger partial charge is 0.275 e. The number of likely N-dealkylation sites (N-methyl/N-ethyl adjacent to an activating group) is 1. The lowest BCUT2D eigenvalue weighted by Gasteiger charge is -2.34. The lowest BCUT2D eigenvalue weighted by Crippen LogP contribution is -2.46. The summed E-state index contributed by atoms with van der Waals surface area (Å²) in [6, 6.07) is 5.94. The Morgan fingerprint density at radius 2 is 1.88 bits per heavy atom. The number of rotatable bonds is 4. The number of benzene rings is 1. The first-order valence-electron chi connectivity index (χ1n) is 8.74. The maximum absolute atomic E-state index is 12.4. The number of amides is 1. The lowest BCUT2D eigenvalue weighted by atomic mass is 10.1. The largest absolute Gasteiger partial charge is 0.353 e. The Labute approximate surface area is 148 Å². The summed E-state index contributed by atoms with van der Waals surface area (Å²) in [5.41, 5.74) is 3.34. The van der Waals surface area contributed by atoms with Crippen molar-refractivity contribution in [2.75, 3.05) is 42.9 Å². The Balaban J connectivity index is 1.64. The minimum Gasteiger partial charge on any atom is -0.353 e. The van der Waals surface area contributed by atoms with Gasteiger partial charge in [-0.1, -0.05) is 24.6 Å². The van der Waals surface area contributed by atoms with E-state index in [4.69, 9.17) is 0 Å². The summed E-state index contributed by atoms with van der Waals surface area (Å²) >= 11 is 0. The van der Waals surface area contributed by atoms with Crippen LogP contribution in [0.3, 0.4) is 0 Å². The van der Waals surface area contributed by atoms with Gasteiger partial charge in [-0.3, -0.25) is 4.79 Å². The number of nitrogens with zero attached hydrogens (tertiary/aromatic N) is 4.